The van der Waals surface area contributed by atoms with Crippen LogP contribution in [0.4, 0.5) is 16.3 Å². The van der Waals surface area contributed by atoms with Gasteiger partial charge in [-0.2, -0.15) is 0 Å². The largest absolute Gasteiger partial charge is 0.324 e. The van der Waals surface area contributed by atoms with E-state index in [0.29, 0.717) is 11.5 Å². The first-order valence-corrected chi connectivity index (χ1v) is 7.41. The summed E-state index contributed by atoms with van der Waals surface area (Å²) in [4.78, 5) is 20.9. The van der Waals surface area contributed by atoms with Gasteiger partial charge in [0.15, 0.2) is 5.65 Å². The molecule has 2 N–H and O–H groups in total. The van der Waals surface area contributed by atoms with Crippen molar-refractivity contribution in [1.29, 1.82) is 0 Å². The van der Waals surface area contributed by atoms with Crippen LogP contribution in [0.1, 0.15) is 16.8 Å². The van der Waals surface area contributed by atoms with Crippen molar-refractivity contribution in [2.24, 2.45) is 0 Å². The number of urea groups is 1. The lowest BCUT2D eigenvalue weighted by molar-refractivity contribution is 0.262. The van der Waals surface area contributed by atoms with Crippen LogP contribution in [0, 0.1) is 20.8 Å². The lowest BCUT2D eigenvalue weighted by Crippen LogP contribution is -2.20. The first-order chi connectivity index (χ1) is 11.0. The fraction of sp³-hybridized carbons (Fsp3) is 0.167. The van der Waals surface area contributed by atoms with Crippen molar-refractivity contribution in [3.8, 4) is 0 Å². The van der Waals surface area contributed by atoms with Crippen molar-refractivity contribution in [2.45, 2.75) is 20.8 Å². The highest BCUT2D eigenvalue weighted by molar-refractivity contribution is 5.99. The van der Waals surface area contributed by atoms with Gasteiger partial charge in [-0.1, -0.05) is 12.1 Å². The molecule has 2 aromatic heterocycles. The summed E-state index contributed by atoms with van der Waals surface area (Å²) in [7, 11) is 0. The number of aromatic nitrogens is 2. The molecule has 2 heterocycles. The average molecular weight is 306 g/mol. The van der Waals surface area contributed by atoms with E-state index in [4.69, 9.17) is 0 Å². The van der Waals surface area contributed by atoms with Crippen molar-refractivity contribution < 1.29 is 4.79 Å². The minimum atomic E-state index is -0.327. The number of hydrogen-bond donors (Lipinski definition) is 2. The second-order valence-electron chi connectivity index (χ2n) is 5.60. The number of benzene rings is 1. The topological polar surface area (TPSA) is 66.9 Å². The predicted octanol–water partition coefficient (Wildman–Crippen LogP) is 4.20. The van der Waals surface area contributed by atoms with Crippen LogP contribution < -0.4 is 10.6 Å². The van der Waals surface area contributed by atoms with E-state index < -0.39 is 0 Å². The number of rotatable bonds is 2. The van der Waals surface area contributed by atoms with Crippen LogP contribution in [0.2, 0.25) is 0 Å². The van der Waals surface area contributed by atoms with E-state index in [1.807, 2.05) is 57.2 Å². The minimum absolute atomic E-state index is 0.327. The Morgan fingerprint density at radius 1 is 0.957 bits per heavy atom. The number of carbonyl (C=O) groups excluding carboxylic acids is 1. The van der Waals surface area contributed by atoms with Crippen LogP contribution in [-0.2, 0) is 0 Å². The van der Waals surface area contributed by atoms with Crippen molar-refractivity contribution >= 4 is 28.6 Å². The standard InChI is InChI=1S/C18H18N4O/c1-11-5-4-6-14(9-11)20-18(23)22-16-8-7-15-12(2)10-13(3)19-17(15)21-16/h4-10H,1-3H3,(H2,19,20,21,22,23). The Kier molecular flexibility index (Phi) is 3.93. The maximum atomic E-state index is 12.1. The van der Waals surface area contributed by atoms with Crippen molar-refractivity contribution in [3.05, 3.63) is 59.3 Å². The Morgan fingerprint density at radius 2 is 1.78 bits per heavy atom. The molecule has 0 unspecified atom stereocenters. The molecule has 0 saturated carbocycles. The zero-order valence-corrected chi connectivity index (χ0v) is 13.3. The molecule has 0 aliphatic heterocycles. The maximum Gasteiger partial charge on any atom is 0.324 e. The Balaban J connectivity index is 1.79. The summed E-state index contributed by atoms with van der Waals surface area (Å²) in [5.41, 5.74) is 4.49. The molecule has 0 aliphatic carbocycles. The van der Waals surface area contributed by atoms with E-state index in [1.54, 1.807) is 6.07 Å². The van der Waals surface area contributed by atoms with E-state index in [2.05, 4.69) is 20.6 Å². The summed E-state index contributed by atoms with van der Waals surface area (Å²) in [6.45, 7) is 5.93. The SMILES string of the molecule is Cc1cccc(NC(=O)Nc2ccc3c(C)cc(C)nc3n2)c1. The zero-order chi connectivity index (χ0) is 16.4. The molecular formula is C18H18N4O. The van der Waals surface area contributed by atoms with Crippen LogP contribution in [-0.4, -0.2) is 16.0 Å². The van der Waals surface area contributed by atoms with Crippen LogP contribution in [0.5, 0.6) is 0 Å². The summed E-state index contributed by atoms with van der Waals surface area (Å²) in [6.07, 6.45) is 0. The summed E-state index contributed by atoms with van der Waals surface area (Å²) in [5, 5.41) is 6.52. The van der Waals surface area contributed by atoms with Crippen molar-refractivity contribution in [3.63, 3.8) is 0 Å². The van der Waals surface area contributed by atoms with Crippen LogP contribution in [0.3, 0.4) is 0 Å². The number of amides is 2. The fourth-order valence-corrected chi connectivity index (χ4v) is 2.50. The van der Waals surface area contributed by atoms with Gasteiger partial charge in [-0.3, -0.25) is 5.32 Å². The zero-order valence-electron chi connectivity index (χ0n) is 13.3. The molecule has 23 heavy (non-hydrogen) atoms. The van der Waals surface area contributed by atoms with E-state index in [0.717, 1.165) is 27.9 Å². The van der Waals surface area contributed by atoms with Crippen molar-refractivity contribution in [1.82, 2.24) is 9.97 Å². The van der Waals surface area contributed by atoms with Crippen LogP contribution in [0.25, 0.3) is 11.0 Å². The second kappa shape index (κ2) is 6.04. The molecule has 0 radical (unpaired) electrons. The number of nitrogens with zero attached hydrogens (tertiary/aromatic N) is 2. The lowest BCUT2D eigenvalue weighted by atomic mass is 10.1. The number of pyridine rings is 2. The molecule has 116 valence electrons. The Labute approximate surface area is 134 Å². The van der Waals surface area contributed by atoms with Gasteiger partial charge in [0.2, 0.25) is 0 Å². The van der Waals surface area contributed by atoms with E-state index in [1.165, 1.54) is 0 Å². The Bertz CT molecular complexity index is 889. The molecule has 0 atom stereocenters. The molecular weight excluding hydrogens is 288 g/mol. The fourth-order valence-electron chi connectivity index (χ4n) is 2.50. The highest BCUT2D eigenvalue weighted by Gasteiger charge is 2.07. The molecule has 1 aromatic carbocycles. The molecule has 0 bridgehead atoms. The second-order valence-corrected chi connectivity index (χ2v) is 5.60. The quantitative estimate of drug-likeness (QED) is 0.745. The van der Waals surface area contributed by atoms with Gasteiger partial charge in [0.25, 0.3) is 0 Å². The highest BCUT2D eigenvalue weighted by Crippen LogP contribution is 2.18. The van der Waals surface area contributed by atoms with E-state index >= 15 is 0 Å². The molecule has 5 heteroatoms. The molecule has 3 aromatic rings. The average Bonchev–Trinajstić information content (AvgIpc) is 2.46. The number of nitrogens with one attached hydrogen (secondary N) is 2. The summed E-state index contributed by atoms with van der Waals surface area (Å²) in [5.74, 6) is 0.472. The summed E-state index contributed by atoms with van der Waals surface area (Å²) in [6, 6.07) is 13.0. The number of fused-ring (bicyclic) bond motifs is 1. The van der Waals surface area contributed by atoms with Gasteiger partial charge in [-0.25, -0.2) is 14.8 Å². The monoisotopic (exact) mass is 306 g/mol. The van der Waals surface area contributed by atoms with E-state index in [-0.39, 0.29) is 6.03 Å². The lowest BCUT2D eigenvalue weighted by Gasteiger charge is -2.09. The number of hydrogen-bond acceptors (Lipinski definition) is 3. The molecule has 0 saturated heterocycles. The van der Waals surface area contributed by atoms with Crippen LogP contribution >= 0.6 is 0 Å². The maximum absolute atomic E-state index is 12.1. The van der Waals surface area contributed by atoms with Gasteiger partial charge >= 0.3 is 6.03 Å². The molecule has 0 fully saturated rings. The van der Waals surface area contributed by atoms with Gasteiger partial charge in [0.1, 0.15) is 5.82 Å². The van der Waals surface area contributed by atoms with Crippen LogP contribution in [0.15, 0.2) is 42.5 Å². The number of carbonyl (C=O) groups is 1. The van der Waals surface area contributed by atoms with Crippen molar-refractivity contribution in [2.75, 3.05) is 10.6 Å². The summed E-state index contributed by atoms with van der Waals surface area (Å²) < 4.78 is 0. The minimum Gasteiger partial charge on any atom is -0.308 e. The normalized spacial score (nSPS) is 10.6. The third-order valence-corrected chi connectivity index (χ3v) is 3.53. The smallest absolute Gasteiger partial charge is 0.308 e. The molecule has 5 nitrogen and oxygen atoms in total. The predicted molar refractivity (Wildman–Crippen MR) is 92.8 cm³/mol. The third kappa shape index (κ3) is 3.45. The Hall–Kier alpha value is -2.95. The first-order valence-electron chi connectivity index (χ1n) is 7.41. The van der Waals surface area contributed by atoms with Gasteiger partial charge < -0.3 is 5.32 Å². The van der Waals surface area contributed by atoms with Gasteiger partial charge in [0.05, 0.1) is 0 Å². The van der Waals surface area contributed by atoms with E-state index in [9.17, 15) is 4.79 Å². The van der Waals surface area contributed by atoms with Gasteiger partial charge in [-0.05, 0) is 62.2 Å². The number of aryl methyl sites for hydroxylation is 3. The summed E-state index contributed by atoms with van der Waals surface area (Å²) >= 11 is 0. The third-order valence-electron chi connectivity index (χ3n) is 3.53. The molecule has 0 aliphatic rings. The highest BCUT2D eigenvalue weighted by atomic mass is 16.2. The first kappa shape index (κ1) is 15.0. The van der Waals surface area contributed by atoms with Gasteiger partial charge in [0, 0.05) is 16.8 Å². The molecule has 0 spiro atoms. The molecule has 3 rings (SSSR count). The number of anilines is 2. The van der Waals surface area contributed by atoms with Gasteiger partial charge in [-0.15, -0.1) is 0 Å². The molecule has 2 amide bonds. The Morgan fingerprint density at radius 3 is 2.57 bits per heavy atom.